The predicted octanol–water partition coefficient (Wildman–Crippen LogP) is 3.87. The largest absolute Gasteiger partial charge is 0.341 e. The lowest BCUT2D eigenvalue weighted by Gasteiger charge is -2.31. The van der Waals surface area contributed by atoms with Gasteiger partial charge in [-0.3, -0.25) is 4.79 Å². The van der Waals surface area contributed by atoms with Gasteiger partial charge in [-0.05, 0) is 55.2 Å². The fraction of sp³-hybridized carbons (Fsp3) is 0.417. The molecule has 0 saturated carbocycles. The summed E-state index contributed by atoms with van der Waals surface area (Å²) in [4.78, 5) is 28.7. The average molecular weight is 426 g/mol. The van der Waals surface area contributed by atoms with Gasteiger partial charge in [0.2, 0.25) is 5.91 Å². The number of hydrogen-bond acceptors (Lipinski definition) is 3. The molecule has 2 N–H and O–H groups in total. The lowest BCUT2D eigenvalue weighted by molar-refractivity contribution is -0.134. The van der Waals surface area contributed by atoms with Gasteiger partial charge in [-0.2, -0.15) is 0 Å². The van der Waals surface area contributed by atoms with Crippen LogP contribution in [0.2, 0.25) is 0 Å². The number of urea groups is 1. The molecule has 5 nitrogen and oxygen atoms in total. The summed E-state index contributed by atoms with van der Waals surface area (Å²) in [7, 11) is 0. The Morgan fingerprint density at radius 3 is 2.33 bits per heavy atom. The van der Waals surface area contributed by atoms with Gasteiger partial charge >= 0.3 is 6.03 Å². The smallest absolute Gasteiger partial charge is 0.315 e. The zero-order valence-electron chi connectivity index (χ0n) is 17.6. The topological polar surface area (TPSA) is 61.4 Å². The van der Waals surface area contributed by atoms with Crippen LogP contribution in [0.1, 0.15) is 30.4 Å². The zero-order chi connectivity index (χ0) is 21.2. The molecular formula is C24H31N3O2S. The van der Waals surface area contributed by atoms with Crippen LogP contribution in [0.25, 0.3) is 0 Å². The van der Waals surface area contributed by atoms with Crippen molar-refractivity contribution in [2.45, 2.75) is 43.0 Å². The van der Waals surface area contributed by atoms with Gasteiger partial charge in [-0.15, -0.1) is 11.8 Å². The van der Waals surface area contributed by atoms with Crippen LogP contribution in [-0.4, -0.2) is 48.8 Å². The summed E-state index contributed by atoms with van der Waals surface area (Å²) in [5.41, 5.74) is 2.22. The van der Waals surface area contributed by atoms with E-state index in [-0.39, 0.29) is 11.9 Å². The normalized spacial score (nSPS) is 14.8. The van der Waals surface area contributed by atoms with E-state index in [1.54, 1.807) is 11.8 Å². The van der Waals surface area contributed by atoms with Crippen molar-refractivity contribution in [2.75, 3.05) is 25.9 Å². The Balaban J connectivity index is 1.55. The number of amides is 3. The van der Waals surface area contributed by atoms with Gasteiger partial charge in [-0.1, -0.05) is 42.5 Å². The summed E-state index contributed by atoms with van der Waals surface area (Å²) in [6.07, 6.45) is 6.54. The van der Waals surface area contributed by atoms with Crippen LogP contribution in [0, 0.1) is 0 Å². The van der Waals surface area contributed by atoms with Crippen molar-refractivity contribution in [3.05, 3.63) is 65.7 Å². The predicted molar refractivity (Wildman–Crippen MR) is 123 cm³/mol. The van der Waals surface area contributed by atoms with Gasteiger partial charge in [0.1, 0.15) is 6.04 Å². The van der Waals surface area contributed by atoms with Crippen LogP contribution in [0.4, 0.5) is 4.79 Å². The number of rotatable bonds is 8. The standard InChI is InChI=1S/C24H31N3O2S/c1-30-21-12-10-19(11-13-21)14-15-25-24(29)26-22(18-20-8-4-2-5-9-20)23(28)27-16-6-3-7-17-27/h2,4-5,8-13,22H,3,6-7,14-18H2,1H3,(H2,25,26,29). The number of piperidine rings is 1. The van der Waals surface area contributed by atoms with Gasteiger partial charge in [-0.25, -0.2) is 4.79 Å². The van der Waals surface area contributed by atoms with E-state index in [0.29, 0.717) is 13.0 Å². The zero-order valence-corrected chi connectivity index (χ0v) is 18.4. The summed E-state index contributed by atoms with van der Waals surface area (Å²) in [6.45, 7) is 2.08. The third-order valence-electron chi connectivity index (χ3n) is 5.41. The van der Waals surface area contributed by atoms with E-state index in [0.717, 1.165) is 37.9 Å². The van der Waals surface area contributed by atoms with Crippen molar-refractivity contribution in [1.29, 1.82) is 0 Å². The van der Waals surface area contributed by atoms with Gasteiger partial charge in [0.05, 0.1) is 0 Å². The maximum absolute atomic E-state index is 13.1. The SMILES string of the molecule is CSc1ccc(CCNC(=O)NC(Cc2ccccc2)C(=O)N2CCCCC2)cc1. The number of hydrogen-bond donors (Lipinski definition) is 2. The molecule has 0 bridgehead atoms. The van der Waals surface area contributed by atoms with E-state index in [2.05, 4.69) is 41.2 Å². The first-order valence-corrected chi connectivity index (χ1v) is 11.9. The molecule has 0 radical (unpaired) electrons. The number of thioether (sulfide) groups is 1. The molecule has 2 aromatic rings. The Labute approximate surface area is 183 Å². The number of nitrogens with one attached hydrogen (secondary N) is 2. The molecule has 0 aliphatic carbocycles. The number of carbonyl (C=O) groups is 2. The van der Waals surface area contributed by atoms with Crippen molar-refractivity contribution in [1.82, 2.24) is 15.5 Å². The van der Waals surface area contributed by atoms with E-state index in [1.165, 1.54) is 16.9 Å². The Morgan fingerprint density at radius 2 is 1.67 bits per heavy atom. The molecule has 3 amide bonds. The van der Waals surface area contributed by atoms with Crippen molar-refractivity contribution in [3.63, 3.8) is 0 Å². The molecule has 1 atom stereocenters. The Bertz CT molecular complexity index is 805. The molecule has 0 aromatic heterocycles. The van der Waals surface area contributed by atoms with Crippen molar-refractivity contribution in [3.8, 4) is 0 Å². The minimum absolute atomic E-state index is 0.0151. The maximum atomic E-state index is 13.1. The van der Waals surface area contributed by atoms with E-state index in [1.807, 2.05) is 35.2 Å². The van der Waals surface area contributed by atoms with Crippen LogP contribution in [-0.2, 0) is 17.6 Å². The molecule has 3 rings (SSSR count). The van der Waals surface area contributed by atoms with E-state index in [9.17, 15) is 9.59 Å². The molecule has 1 saturated heterocycles. The van der Waals surface area contributed by atoms with Crippen LogP contribution >= 0.6 is 11.8 Å². The van der Waals surface area contributed by atoms with E-state index < -0.39 is 6.04 Å². The lowest BCUT2D eigenvalue weighted by Crippen LogP contribution is -2.53. The second-order valence-electron chi connectivity index (χ2n) is 7.63. The molecule has 1 fully saturated rings. The number of carbonyl (C=O) groups excluding carboxylic acids is 2. The summed E-state index contributed by atoms with van der Waals surface area (Å²) >= 11 is 1.71. The van der Waals surface area contributed by atoms with Gasteiger partial charge in [0, 0.05) is 31.0 Å². The highest BCUT2D eigenvalue weighted by Gasteiger charge is 2.27. The van der Waals surface area contributed by atoms with Crippen LogP contribution < -0.4 is 10.6 Å². The molecular weight excluding hydrogens is 394 g/mol. The van der Waals surface area contributed by atoms with Gasteiger partial charge < -0.3 is 15.5 Å². The maximum Gasteiger partial charge on any atom is 0.315 e. The Kier molecular flexibility index (Phi) is 8.63. The fourth-order valence-electron chi connectivity index (χ4n) is 3.71. The Hall–Kier alpha value is -2.47. The minimum Gasteiger partial charge on any atom is -0.341 e. The summed E-state index contributed by atoms with van der Waals surface area (Å²) in [6, 6.07) is 17.4. The fourth-order valence-corrected chi connectivity index (χ4v) is 4.11. The lowest BCUT2D eigenvalue weighted by atomic mass is 10.0. The molecule has 0 spiro atoms. The third-order valence-corrected chi connectivity index (χ3v) is 6.16. The molecule has 30 heavy (non-hydrogen) atoms. The van der Waals surface area contributed by atoms with Gasteiger partial charge in [0.25, 0.3) is 0 Å². The number of benzene rings is 2. The summed E-state index contributed by atoms with van der Waals surface area (Å²) in [5, 5.41) is 5.83. The van der Waals surface area contributed by atoms with Crippen molar-refractivity contribution in [2.24, 2.45) is 0 Å². The third kappa shape index (κ3) is 6.80. The highest BCUT2D eigenvalue weighted by molar-refractivity contribution is 7.98. The molecule has 6 heteroatoms. The number of nitrogens with zero attached hydrogens (tertiary/aromatic N) is 1. The highest BCUT2D eigenvalue weighted by atomic mass is 32.2. The molecule has 1 aliphatic rings. The summed E-state index contributed by atoms with van der Waals surface area (Å²) in [5.74, 6) is 0.0151. The highest BCUT2D eigenvalue weighted by Crippen LogP contribution is 2.15. The van der Waals surface area contributed by atoms with Crippen LogP contribution in [0.3, 0.4) is 0 Å². The monoisotopic (exact) mass is 425 g/mol. The molecule has 2 aromatic carbocycles. The quantitative estimate of drug-likeness (QED) is 0.631. The second kappa shape index (κ2) is 11.6. The summed E-state index contributed by atoms with van der Waals surface area (Å²) < 4.78 is 0. The Morgan fingerprint density at radius 1 is 0.967 bits per heavy atom. The first kappa shape index (κ1) is 22.2. The van der Waals surface area contributed by atoms with E-state index >= 15 is 0 Å². The average Bonchev–Trinajstić information content (AvgIpc) is 2.80. The number of likely N-dealkylation sites (tertiary alicyclic amines) is 1. The molecule has 1 aliphatic heterocycles. The van der Waals surface area contributed by atoms with E-state index in [4.69, 9.17) is 0 Å². The molecule has 1 heterocycles. The van der Waals surface area contributed by atoms with Crippen LogP contribution in [0.15, 0.2) is 59.5 Å². The minimum atomic E-state index is -0.550. The van der Waals surface area contributed by atoms with Crippen LogP contribution in [0.5, 0.6) is 0 Å². The molecule has 160 valence electrons. The first-order chi connectivity index (χ1) is 14.7. The van der Waals surface area contributed by atoms with Crippen molar-refractivity contribution < 1.29 is 9.59 Å². The van der Waals surface area contributed by atoms with Gasteiger partial charge in [0.15, 0.2) is 0 Å². The first-order valence-electron chi connectivity index (χ1n) is 10.7. The molecule has 1 unspecified atom stereocenters. The second-order valence-corrected chi connectivity index (χ2v) is 8.51. The van der Waals surface area contributed by atoms with Crippen molar-refractivity contribution >= 4 is 23.7 Å².